The van der Waals surface area contributed by atoms with Gasteiger partial charge < -0.3 is 9.84 Å². The van der Waals surface area contributed by atoms with Gasteiger partial charge in [0.05, 0.1) is 12.6 Å². The highest BCUT2D eigenvalue weighted by molar-refractivity contribution is 5.83. The molecule has 0 aliphatic rings. The fourth-order valence-corrected chi connectivity index (χ4v) is 2.98. The van der Waals surface area contributed by atoms with Gasteiger partial charge in [0.25, 0.3) is 0 Å². The van der Waals surface area contributed by atoms with E-state index in [0.29, 0.717) is 5.75 Å². The van der Waals surface area contributed by atoms with Crippen molar-refractivity contribution in [2.75, 3.05) is 7.11 Å². The van der Waals surface area contributed by atoms with Crippen LogP contribution in [0.25, 0.3) is 17.0 Å². The van der Waals surface area contributed by atoms with Crippen molar-refractivity contribution in [3.8, 4) is 11.5 Å². The Balaban J connectivity index is 1.88. The van der Waals surface area contributed by atoms with Crippen molar-refractivity contribution in [3.63, 3.8) is 0 Å². The minimum atomic E-state index is 0.153. The van der Waals surface area contributed by atoms with Gasteiger partial charge in [0, 0.05) is 11.1 Å². The Labute approximate surface area is 142 Å². The first-order valence-corrected chi connectivity index (χ1v) is 7.98. The van der Waals surface area contributed by atoms with E-state index in [1.165, 1.54) is 16.5 Å². The summed E-state index contributed by atoms with van der Waals surface area (Å²) >= 11 is 0. The molecule has 1 heterocycles. The average Bonchev–Trinajstić information content (AvgIpc) is 2.59. The van der Waals surface area contributed by atoms with E-state index >= 15 is 0 Å². The molecule has 24 heavy (non-hydrogen) atoms. The number of nitrogens with zero attached hydrogens (tertiary/aromatic N) is 1. The van der Waals surface area contributed by atoms with E-state index in [1.54, 1.807) is 13.2 Å². The molecule has 0 aliphatic carbocycles. The monoisotopic (exact) mass is 319 g/mol. The lowest BCUT2D eigenvalue weighted by Gasteiger charge is -2.10. The summed E-state index contributed by atoms with van der Waals surface area (Å²) in [4.78, 5) is 4.71. The molecular weight excluding hydrogens is 298 g/mol. The van der Waals surface area contributed by atoms with E-state index in [2.05, 4.69) is 38.1 Å². The van der Waals surface area contributed by atoms with E-state index < -0.39 is 0 Å². The first-order valence-electron chi connectivity index (χ1n) is 7.98. The van der Waals surface area contributed by atoms with Crippen LogP contribution in [0.15, 0.2) is 48.5 Å². The largest absolute Gasteiger partial charge is 0.504 e. The molecule has 0 saturated carbocycles. The molecule has 0 saturated heterocycles. The third kappa shape index (κ3) is 3.11. The third-order valence-corrected chi connectivity index (χ3v) is 4.32. The molecule has 0 amide bonds. The van der Waals surface area contributed by atoms with Crippen LogP contribution in [0.2, 0.25) is 0 Å². The quantitative estimate of drug-likeness (QED) is 0.749. The SMILES string of the molecule is COc1cc(C=CCc2c(C)nc3ccccc3c2C)ccc1O. The number of benzene rings is 2. The number of aromatic hydroxyl groups is 1. The predicted octanol–water partition coefficient (Wildman–Crippen LogP) is 4.82. The summed E-state index contributed by atoms with van der Waals surface area (Å²) in [5, 5.41) is 10.9. The molecule has 0 atom stereocenters. The summed E-state index contributed by atoms with van der Waals surface area (Å²) in [6.07, 6.45) is 4.98. The van der Waals surface area contributed by atoms with E-state index in [9.17, 15) is 5.11 Å². The van der Waals surface area contributed by atoms with Crippen molar-refractivity contribution < 1.29 is 9.84 Å². The lowest BCUT2D eigenvalue weighted by Crippen LogP contribution is -1.97. The highest BCUT2D eigenvalue weighted by Gasteiger charge is 2.07. The first-order chi connectivity index (χ1) is 11.6. The van der Waals surface area contributed by atoms with Gasteiger partial charge in [-0.15, -0.1) is 0 Å². The second kappa shape index (κ2) is 6.75. The van der Waals surface area contributed by atoms with Crippen LogP contribution >= 0.6 is 0 Å². The van der Waals surface area contributed by atoms with Crippen LogP contribution in [-0.4, -0.2) is 17.2 Å². The maximum atomic E-state index is 9.65. The summed E-state index contributed by atoms with van der Waals surface area (Å²) in [6, 6.07) is 13.6. The normalized spacial score (nSPS) is 11.3. The molecule has 122 valence electrons. The minimum absolute atomic E-state index is 0.153. The zero-order valence-corrected chi connectivity index (χ0v) is 14.2. The Bertz CT molecular complexity index is 913. The Morgan fingerprint density at radius 2 is 1.92 bits per heavy atom. The molecule has 0 spiro atoms. The lowest BCUT2D eigenvalue weighted by molar-refractivity contribution is 0.373. The standard InChI is InChI=1S/C21H21NO2/c1-14-17(15(2)22-19-10-5-4-8-18(14)19)9-6-7-16-11-12-20(23)21(13-16)24-3/h4-8,10-13,23H,9H2,1-3H3. The summed E-state index contributed by atoms with van der Waals surface area (Å²) < 4.78 is 5.14. The number of rotatable bonds is 4. The van der Waals surface area contributed by atoms with Gasteiger partial charge in [0.1, 0.15) is 0 Å². The van der Waals surface area contributed by atoms with E-state index in [4.69, 9.17) is 9.72 Å². The number of allylic oxidation sites excluding steroid dienone is 1. The molecule has 0 unspecified atom stereocenters. The summed E-state index contributed by atoms with van der Waals surface area (Å²) in [5.41, 5.74) is 5.65. The van der Waals surface area contributed by atoms with Gasteiger partial charge in [-0.2, -0.15) is 0 Å². The van der Waals surface area contributed by atoms with Crippen molar-refractivity contribution in [2.24, 2.45) is 0 Å². The van der Waals surface area contributed by atoms with Crippen molar-refractivity contribution in [1.29, 1.82) is 0 Å². The van der Waals surface area contributed by atoms with Crippen LogP contribution in [0, 0.1) is 13.8 Å². The van der Waals surface area contributed by atoms with Gasteiger partial charge in [-0.3, -0.25) is 4.98 Å². The smallest absolute Gasteiger partial charge is 0.161 e. The number of methoxy groups -OCH3 is 1. The highest BCUT2D eigenvalue weighted by Crippen LogP contribution is 2.27. The van der Waals surface area contributed by atoms with Crippen LogP contribution in [0.3, 0.4) is 0 Å². The van der Waals surface area contributed by atoms with E-state index in [1.807, 2.05) is 24.3 Å². The molecule has 2 aromatic carbocycles. The fraction of sp³-hybridized carbons (Fsp3) is 0.190. The zero-order chi connectivity index (χ0) is 17.1. The summed E-state index contributed by atoms with van der Waals surface area (Å²) in [5.74, 6) is 0.636. The number of fused-ring (bicyclic) bond motifs is 1. The van der Waals surface area contributed by atoms with Crippen molar-refractivity contribution in [3.05, 3.63) is 70.9 Å². The molecule has 3 aromatic rings. The van der Waals surface area contributed by atoms with Gasteiger partial charge in [0.2, 0.25) is 0 Å². The number of phenols is 1. The van der Waals surface area contributed by atoms with E-state index in [0.717, 1.165) is 23.2 Å². The molecule has 0 bridgehead atoms. The van der Waals surface area contributed by atoms with E-state index in [-0.39, 0.29) is 5.75 Å². The second-order valence-electron chi connectivity index (χ2n) is 5.86. The van der Waals surface area contributed by atoms with Gasteiger partial charge in [-0.05, 0) is 55.2 Å². The van der Waals surface area contributed by atoms with Gasteiger partial charge in [0.15, 0.2) is 11.5 Å². The van der Waals surface area contributed by atoms with Gasteiger partial charge in [-0.1, -0.05) is 36.4 Å². The van der Waals surface area contributed by atoms with Gasteiger partial charge >= 0.3 is 0 Å². The molecule has 3 rings (SSSR count). The maximum absolute atomic E-state index is 9.65. The summed E-state index contributed by atoms with van der Waals surface area (Å²) in [6.45, 7) is 4.22. The van der Waals surface area contributed by atoms with Crippen molar-refractivity contribution >= 4 is 17.0 Å². The number of aryl methyl sites for hydroxylation is 2. The topological polar surface area (TPSA) is 42.4 Å². The third-order valence-electron chi connectivity index (χ3n) is 4.32. The summed E-state index contributed by atoms with van der Waals surface area (Å²) in [7, 11) is 1.55. The van der Waals surface area contributed by atoms with Crippen LogP contribution in [0.1, 0.15) is 22.4 Å². The Hall–Kier alpha value is -2.81. The number of para-hydroxylation sites is 1. The average molecular weight is 319 g/mol. The fourth-order valence-electron chi connectivity index (χ4n) is 2.98. The van der Waals surface area contributed by atoms with Crippen LogP contribution in [-0.2, 0) is 6.42 Å². The van der Waals surface area contributed by atoms with Crippen molar-refractivity contribution in [1.82, 2.24) is 4.98 Å². The molecule has 3 nitrogen and oxygen atoms in total. The molecule has 0 aliphatic heterocycles. The number of aromatic nitrogens is 1. The lowest BCUT2D eigenvalue weighted by atomic mass is 9.99. The Morgan fingerprint density at radius 1 is 1.12 bits per heavy atom. The Kier molecular flexibility index (Phi) is 4.52. The maximum Gasteiger partial charge on any atom is 0.161 e. The number of hydrogen-bond acceptors (Lipinski definition) is 3. The van der Waals surface area contributed by atoms with Crippen LogP contribution in [0.4, 0.5) is 0 Å². The Morgan fingerprint density at radius 3 is 2.71 bits per heavy atom. The number of pyridine rings is 1. The highest BCUT2D eigenvalue weighted by atomic mass is 16.5. The molecule has 0 fully saturated rings. The first kappa shape index (κ1) is 16.1. The number of phenolic OH excluding ortho intramolecular Hbond substituents is 1. The second-order valence-corrected chi connectivity index (χ2v) is 5.86. The molecular formula is C21H21NO2. The van der Waals surface area contributed by atoms with Crippen molar-refractivity contribution in [2.45, 2.75) is 20.3 Å². The minimum Gasteiger partial charge on any atom is -0.504 e. The molecule has 1 N–H and O–H groups in total. The van der Waals surface area contributed by atoms with Crippen LogP contribution < -0.4 is 4.74 Å². The number of hydrogen-bond donors (Lipinski definition) is 1. The number of ether oxygens (including phenoxy) is 1. The molecule has 1 aromatic heterocycles. The predicted molar refractivity (Wildman–Crippen MR) is 98.6 cm³/mol. The van der Waals surface area contributed by atoms with Gasteiger partial charge in [-0.25, -0.2) is 0 Å². The molecule has 0 radical (unpaired) electrons. The van der Waals surface area contributed by atoms with Crippen LogP contribution in [0.5, 0.6) is 11.5 Å². The molecule has 3 heteroatoms. The zero-order valence-electron chi connectivity index (χ0n) is 14.2.